The maximum atomic E-state index is 13.4. The number of nitrogens with zero attached hydrogens (tertiary/aromatic N) is 6. The molecule has 0 saturated carbocycles. The zero-order valence-corrected chi connectivity index (χ0v) is 30.5. The zero-order chi connectivity index (χ0) is 39.0. The summed E-state index contributed by atoms with van der Waals surface area (Å²) in [6, 6.07) is 45.3. The third-order valence-corrected chi connectivity index (χ3v) is 8.91. The van der Waals surface area contributed by atoms with E-state index in [1.54, 1.807) is 46.0 Å². The van der Waals surface area contributed by atoms with Crippen LogP contribution in [0.4, 0.5) is 11.4 Å². The van der Waals surface area contributed by atoms with Gasteiger partial charge in [-0.15, -0.1) is 0 Å². The number of anilines is 2. The van der Waals surface area contributed by atoms with Gasteiger partial charge in [-0.1, -0.05) is 96.1 Å². The summed E-state index contributed by atoms with van der Waals surface area (Å²) in [5, 5.41) is 35.2. The largest absolute Gasteiger partial charge is 0.321 e. The molecule has 0 fully saturated rings. The van der Waals surface area contributed by atoms with Gasteiger partial charge in [0.15, 0.2) is 0 Å². The maximum absolute atomic E-state index is 13.4. The first kappa shape index (κ1) is 36.3. The van der Waals surface area contributed by atoms with Crippen molar-refractivity contribution >= 4 is 35.3 Å². The molecule has 0 aliphatic heterocycles. The van der Waals surface area contributed by atoms with E-state index in [9.17, 15) is 20.1 Å². The van der Waals surface area contributed by atoms with Crippen molar-refractivity contribution in [3.8, 4) is 46.0 Å². The predicted molar refractivity (Wildman–Crippen MR) is 218 cm³/mol. The van der Waals surface area contributed by atoms with E-state index >= 15 is 0 Å². The van der Waals surface area contributed by atoms with Crippen LogP contribution in [0.2, 0.25) is 0 Å². The Morgan fingerprint density at radius 1 is 0.536 bits per heavy atom. The first-order chi connectivity index (χ1) is 27.3. The minimum Gasteiger partial charge on any atom is -0.321 e. The highest BCUT2D eigenvalue weighted by molar-refractivity contribution is 6.11. The van der Waals surface area contributed by atoms with Crippen LogP contribution in [0.5, 0.6) is 0 Å². The van der Waals surface area contributed by atoms with Gasteiger partial charge < -0.3 is 10.6 Å². The number of hydrogen-bond acceptors (Lipinski definition) is 6. The van der Waals surface area contributed by atoms with Crippen LogP contribution in [-0.2, 0) is 9.59 Å². The second kappa shape index (κ2) is 16.3. The summed E-state index contributed by atoms with van der Waals surface area (Å²) in [7, 11) is 0. The molecule has 0 aliphatic carbocycles. The Morgan fingerprint density at radius 2 is 0.893 bits per heavy atom. The van der Waals surface area contributed by atoms with Crippen LogP contribution in [0.25, 0.3) is 46.0 Å². The molecule has 2 heterocycles. The Balaban J connectivity index is 1.09. The molecule has 2 aromatic heterocycles. The standard InChI is InChI=1S/C46H34N8O2/c1-31-13-17-33(18-14-31)43-37(29-53(51-43)41-9-5-3-6-10-41)25-35(27-47)45(55)49-39-21-23-40(24-22-39)50-46(56)36(28-48)26-38-30-54(42-11-7-4-8-12-42)52-44(38)34-19-15-32(2)16-20-34/h3-26,29-30H,1-2H3,(H,49,55)(H,50,56)/b35-25+,36-26+. The van der Waals surface area contributed by atoms with Gasteiger partial charge in [-0.3, -0.25) is 9.59 Å². The van der Waals surface area contributed by atoms with Crippen molar-refractivity contribution < 1.29 is 9.59 Å². The summed E-state index contributed by atoms with van der Waals surface area (Å²) in [5.74, 6) is -1.22. The highest BCUT2D eigenvalue weighted by Crippen LogP contribution is 2.28. The molecule has 0 radical (unpaired) electrons. The summed E-state index contributed by atoms with van der Waals surface area (Å²) in [6.07, 6.45) is 6.62. The number of hydrogen-bond donors (Lipinski definition) is 2. The molecule has 7 rings (SSSR count). The van der Waals surface area contributed by atoms with Crippen LogP contribution in [0, 0.1) is 36.5 Å². The summed E-state index contributed by atoms with van der Waals surface area (Å²) < 4.78 is 3.43. The Bertz CT molecular complexity index is 2490. The lowest BCUT2D eigenvalue weighted by Gasteiger charge is -2.08. The van der Waals surface area contributed by atoms with E-state index in [1.165, 1.54) is 12.2 Å². The van der Waals surface area contributed by atoms with Gasteiger partial charge in [0.05, 0.1) is 22.8 Å². The van der Waals surface area contributed by atoms with E-state index < -0.39 is 11.8 Å². The van der Waals surface area contributed by atoms with Gasteiger partial charge in [0, 0.05) is 46.0 Å². The fraction of sp³-hybridized carbons (Fsp3) is 0.0435. The van der Waals surface area contributed by atoms with E-state index in [0.29, 0.717) is 33.9 Å². The minimum absolute atomic E-state index is 0.118. The molecule has 0 spiro atoms. The molecule has 2 N–H and O–H groups in total. The SMILES string of the molecule is Cc1ccc(-c2nn(-c3ccccc3)cc2/C=C(\C#N)C(=O)Nc2ccc(NC(=O)/C(C#N)=C/c3cn(-c4ccccc4)nc3-c3ccc(C)cc3)cc2)cc1. The number of amides is 2. The summed E-state index contributed by atoms with van der Waals surface area (Å²) >= 11 is 0. The zero-order valence-electron chi connectivity index (χ0n) is 30.5. The fourth-order valence-corrected chi connectivity index (χ4v) is 5.93. The molecule has 5 aromatic carbocycles. The number of aryl methyl sites for hydroxylation is 2. The lowest BCUT2D eigenvalue weighted by Crippen LogP contribution is -2.15. The molecule has 0 bridgehead atoms. The lowest BCUT2D eigenvalue weighted by atomic mass is 10.0. The van der Waals surface area contributed by atoms with Crippen LogP contribution >= 0.6 is 0 Å². The predicted octanol–water partition coefficient (Wildman–Crippen LogP) is 9.10. The van der Waals surface area contributed by atoms with Crippen molar-refractivity contribution in [2.24, 2.45) is 0 Å². The summed E-state index contributed by atoms with van der Waals surface area (Å²) in [5.41, 5.74) is 8.55. The summed E-state index contributed by atoms with van der Waals surface area (Å²) in [4.78, 5) is 26.7. The summed E-state index contributed by atoms with van der Waals surface area (Å²) in [6.45, 7) is 4.00. The van der Waals surface area contributed by atoms with Crippen molar-refractivity contribution in [2.75, 3.05) is 10.6 Å². The smallest absolute Gasteiger partial charge is 0.266 e. The molecule has 270 valence electrons. The van der Waals surface area contributed by atoms with Crippen molar-refractivity contribution in [2.45, 2.75) is 13.8 Å². The Kier molecular flexibility index (Phi) is 10.6. The van der Waals surface area contributed by atoms with Gasteiger partial charge in [0.2, 0.25) is 0 Å². The molecule has 0 aliphatic rings. The molecule has 2 amide bonds. The van der Waals surface area contributed by atoms with Crippen molar-refractivity contribution in [1.82, 2.24) is 19.6 Å². The van der Waals surface area contributed by atoms with Gasteiger partial charge in [0.25, 0.3) is 11.8 Å². The number of para-hydroxylation sites is 2. The number of nitriles is 2. The van der Waals surface area contributed by atoms with Crippen molar-refractivity contribution in [3.05, 3.63) is 179 Å². The third kappa shape index (κ3) is 8.26. The Hall–Kier alpha value is -8.08. The Morgan fingerprint density at radius 3 is 1.23 bits per heavy atom. The molecular weight excluding hydrogens is 697 g/mol. The normalized spacial score (nSPS) is 11.4. The third-order valence-electron chi connectivity index (χ3n) is 8.91. The van der Waals surface area contributed by atoms with Crippen LogP contribution < -0.4 is 10.6 Å². The topological polar surface area (TPSA) is 141 Å². The van der Waals surface area contributed by atoms with E-state index in [1.807, 2.05) is 135 Å². The second-order valence-corrected chi connectivity index (χ2v) is 13.0. The molecule has 0 atom stereocenters. The molecule has 56 heavy (non-hydrogen) atoms. The van der Waals surface area contributed by atoms with E-state index in [4.69, 9.17) is 10.2 Å². The first-order valence-electron chi connectivity index (χ1n) is 17.7. The molecule has 7 aromatic rings. The molecule has 10 nitrogen and oxygen atoms in total. The molecule has 10 heteroatoms. The van der Waals surface area contributed by atoms with Gasteiger partial charge >= 0.3 is 0 Å². The van der Waals surface area contributed by atoms with Crippen LogP contribution in [0.15, 0.2) is 157 Å². The van der Waals surface area contributed by atoms with Crippen molar-refractivity contribution in [3.63, 3.8) is 0 Å². The molecular formula is C46H34N8O2. The Labute approximate surface area is 323 Å². The quantitative estimate of drug-likeness (QED) is 0.106. The van der Waals surface area contributed by atoms with Crippen molar-refractivity contribution in [1.29, 1.82) is 10.5 Å². The van der Waals surface area contributed by atoms with Gasteiger partial charge in [-0.2, -0.15) is 20.7 Å². The lowest BCUT2D eigenvalue weighted by molar-refractivity contribution is -0.113. The monoisotopic (exact) mass is 730 g/mol. The van der Waals surface area contributed by atoms with Gasteiger partial charge in [-0.25, -0.2) is 9.36 Å². The van der Waals surface area contributed by atoms with Gasteiger partial charge in [0.1, 0.15) is 23.3 Å². The second-order valence-electron chi connectivity index (χ2n) is 13.0. The number of aromatic nitrogens is 4. The number of nitrogens with one attached hydrogen (secondary N) is 2. The van der Waals surface area contributed by atoms with E-state index in [2.05, 4.69) is 10.6 Å². The molecule has 0 unspecified atom stereocenters. The number of rotatable bonds is 10. The van der Waals surface area contributed by atoms with E-state index in [0.717, 1.165) is 33.6 Å². The van der Waals surface area contributed by atoms with E-state index in [-0.39, 0.29) is 11.1 Å². The molecule has 0 saturated heterocycles. The first-order valence-corrected chi connectivity index (χ1v) is 17.7. The number of benzene rings is 5. The average molecular weight is 731 g/mol. The number of carbonyl (C=O) groups is 2. The maximum Gasteiger partial charge on any atom is 0.266 e. The average Bonchev–Trinajstić information content (AvgIpc) is 3.85. The fourth-order valence-electron chi connectivity index (χ4n) is 5.93. The number of carbonyl (C=O) groups excluding carboxylic acids is 2. The van der Waals surface area contributed by atoms with Crippen LogP contribution in [-0.4, -0.2) is 31.4 Å². The highest BCUT2D eigenvalue weighted by Gasteiger charge is 2.18. The minimum atomic E-state index is -0.610. The van der Waals surface area contributed by atoms with Crippen LogP contribution in [0.1, 0.15) is 22.3 Å². The van der Waals surface area contributed by atoms with Crippen LogP contribution in [0.3, 0.4) is 0 Å². The highest BCUT2D eigenvalue weighted by atomic mass is 16.2. The van der Waals surface area contributed by atoms with Gasteiger partial charge in [-0.05, 0) is 74.5 Å².